The van der Waals surface area contributed by atoms with Crippen LogP contribution in [0.25, 0.3) is 0 Å². The lowest BCUT2D eigenvalue weighted by atomic mass is 9.80. The van der Waals surface area contributed by atoms with E-state index in [2.05, 4.69) is 15.8 Å². The smallest absolute Gasteiger partial charge is 0.454 e. The van der Waals surface area contributed by atoms with Crippen molar-refractivity contribution in [3.63, 3.8) is 0 Å². The van der Waals surface area contributed by atoms with Crippen molar-refractivity contribution in [1.29, 1.82) is 0 Å². The van der Waals surface area contributed by atoms with Gasteiger partial charge in [0.2, 0.25) is 0 Å². The van der Waals surface area contributed by atoms with Gasteiger partial charge in [0.25, 0.3) is 0 Å². The van der Waals surface area contributed by atoms with Crippen molar-refractivity contribution in [2.24, 2.45) is 16.3 Å². The predicted octanol–water partition coefficient (Wildman–Crippen LogP) is 0.928. The molecule has 0 spiro atoms. The maximum absolute atomic E-state index is 11.7. The molecule has 0 aromatic heterocycles. The number of carboxylic acids is 1. The van der Waals surface area contributed by atoms with Crippen LogP contribution in [-0.4, -0.2) is 72.3 Å². The fourth-order valence-corrected chi connectivity index (χ4v) is 2.92. The van der Waals surface area contributed by atoms with Gasteiger partial charge in [0.05, 0.1) is 13.7 Å². The minimum Gasteiger partial charge on any atom is -0.487 e. The number of nitrogens with zero attached hydrogens (tertiary/aromatic N) is 3. The first kappa shape index (κ1) is 23.1. The van der Waals surface area contributed by atoms with Crippen LogP contribution in [0.4, 0.5) is 0 Å². The Bertz CT molecular complexity index is 663. The lowest BCUT2D eigenvalue weighted by Crippen LogP contribution is -2.56. The molecule has 0 amide bonds. The SMILES string of the molecule is CN=NN/C=C/CC(O)N1CC(OC2=C(C(=O)O)COB(O)CCC(C)C=C2)C1. The second-order valence-corrected chi connectivity index (χ2v) is 7.07. The Balaban J connectivity index is 1.94. The monoisotopic (exact) mass is 408 g/mol. The summed E-state index contributed by atoms with van der Waals surface area (Å²) in [7, 11) is 0.542. The van der Waals surface area contributed by atoms with E-state index in [-0.39, 0.29) is 30.0 Å². The predicted molar refractivity (Wildman–Crippen MR) is 106 cm³/mol. The Kier molecular flexibility index (Phi) is 9.32. The second-order valence-electron chi connectivity index (χ2n) is 7.07. The summed E-state index contributed by atoms with van der Waals surface area (Å²) in [5.74, 6) is -0.776. The van der Waals surface area contributed by atoms with Gasteiger partial charge in [-0.3, -0.25) is 10.3 Å². The molecule has 2 aliphatic heterocycles. The van der Waals surface area contributed by atoms with Gasteiger partial charge in [0, 0.05) is 25.7 Å². The zero-order chi connectivity index (χ0) is 21.2. The van der Waals surface area contributed by atoms with Crippen molar-refractivity contribution < 1.29 is 29.4 Å². The molecular weight excluding hydrogens is 379 g/mol. The molecule has 1 saturated heterocycles. The first-order valence-electron chi connectivity index (χ1n) is 9.63. The maximum Gasteiger partial charge on any atom is 0.454 e. The van der Waals surface area contributed by atoms with E-state index in [4.69, 9.17) is 9.39 Å². The van der Waals surface area contributed by atoms with E-state index in [0.29, 0.717) is 25.8 Å². The van der Waals surface area contributed by atoms with Gasteiger partial charge in [0.1, 0.15) is 23.7 Å². The summed E-state index contributed by atoms with van der Waals surface area (Å²) >= 11 is 0. The van der Waals surface area contributed by atoms with Gasteiger partial charge in [0.15, 0.2) is 0 Å². The van der Waals surface area contributed by atoms with E-state index >= 15 is 0 Å². The maximum atomic E-state index is 11.7. The Morgan fingerprint density at radius 3 is 3.00 bits per heavy atom. The number of aliphatic carboxylic acids is 1. The number of hydrogen-bond donors (Lipinski definition) is 4. The minimum atomic E-state index is -1.15. The molecule has 2 rings (SSSR count). The molecule has 0 aliphatic carbocycles. The third-order valence-corrected chi connectivity index (χ3v) is 4.71. The summed E-state index contributed by atoms with van der Waals surface area (Å²) in [5.41, 5.74) is 2.56. The van der Waals surface area contributed by atoms with Gasteiger partial charge in [-0.05, 0) is 24.7 Å². The van der Waals surface area contributed by atoms with E-state index in [9.17, 15) is 20.0 Å². The van der Waals surface area contributed by atoms with Gasteiger partial charge in [-0.1, -0.05) is 24.3 Å². The van der Waals surface area contributed by atoms with Gasteiger partial charge in [-0.2, -0.15) is 5.11 Å². The highest BCUT2D eigenvalue weighted by Crippen LogP contribution is 2.23. The van der Waals surface area contributed by atoms with Crippen LogP contribution in [0.3, 0.4) is 0 Å². The lowest BCUT2D eigenvalue weighted by Gasteiger charge is -2.41. The summed E-state index contributed by atoms with van der Waals surface area (Å²) < 4.78 is 11.2. The standard InChI is InChI=1S/C18H29BN4O6/c1-13-5-6-16(15(18(25)26)12-28-19(27)8-7-13)29-14-10-23(11-14)17(24)4-3-9-21-22-20-2/h3,5-6,9,13-14,17,24,27H,4,7-8,10-12H2,1-2H3,(H,20,21)(H,25,26)/b6-5?,9-3+,16-15?. The molecule has 160 valence electrons. The summed E-state index contributed by atoms with van der Waals surface area (Å²) in [5, 5.41) is 36.6. The normalized spacial score (nSPS) is 23.4. The highest BCUT2D eigenvalue weighted by atomic mass is 16.5. The van der Waals surface area contributed by atoms with Gasteiger partial charge in [-0.25, -0.2) is 4.79 Å². The third-order valence-electron chi connectivity index (χ3n) is 4.71. The van der Waals surface area contributed by atoms with Crippen LogP contribution >= 0.6 is 0 Å². The zero-order valence-corrected chi connectivity index (χ0v) is 16.8. The molecule has 0 bridgehead atoms. The van der Waals surface area contributed by atoms with Crippen molar-refractivity contribution >= 4 is 13.1 Å². The number of aliphatic hydroxyl groups excluding tert-OH is 1. The molecule has 0 radical (unpaired) electrons. The van der Waals surface area contributed by atoms with E-state index in [0.717, 1.165) is 6.42 Å². The first-order valence-corrected chi connectivity index (χ1v) is 9.63. The summed E-state index contributed by atoms with van der Waals surface area (Å²) in [4.78, 5) is 13.5. The number of hydrogen-bond acceptors (Lipinski definition) is 8. The van der Waals surface area contributed by atoms with Gasteiger partial charge in [-0.15, -0.1) is 0 Å². The van der Waals surface area contributed by atoms with Crippen LogP contribution < -0.4 is 5.43 Å². The highest BCUT2D eigenvalue weighted by molar-refractivity contribution is 6.42. The summed E-state index contributed by atoms with van der Waals surface area (Å²) in [6.07, 6.45) is 7.55. The van der Waals surface area contributed by atoms with Crippen LogP contribution in [-0.2, 0) is 14.2 Å². The molecule has 0 aromatic rings. The summed E-state index contributed by atoms with van der Waals surface area (Å²) in [6, 6.07) is 0. The lowest BCUT2D eigenvalue weighted by molar-refractivity contribution is -0.134. The van der Waals surface area contributed by atoms with Gasteiger partial charge >= 0.3 is 13.1 Å². The van der Waals surface area contributed by atoms with Crippen molar-refractivity contribution in [2.75, 3.05) is 26.7 Å². The van der Waals surface area contributed by atoms with Crippen molar-refractivity contribution in [3.8, 4) is 0 Å². The topological polar surface area (TPSA) is 136 Å². The quantitative estimate of drug-likeness (QED) is 0.265. The number of carboxylic acid groups (broad SMARTS) is 1. The summed E-state index contributed by atoms with van der Waals surface area (Å²) in [6.45, 7) is 2.69. The average molecular weight is 408 g/mol. The molecule has 0 saturated carbocycles. The molecule has 0 aromatic carbocycles. The van der Waals surface area contributed by atoms with Crippen LogP contribution in [0.1, 0.15) is 19.8 Å². The van der Waals surface area contributed by atoms with Crippen LogP contribution in [0.5, 0.6) is 0 Å². The Labute approximate surface area is 170 Å². The average Bonchev–Trinajstić information content (AvgIpc) is 2.65. The Hall–Kier alpha value is -2.21. The largest absolute Gasteiger partial charge is 0.487 e. The molecule has 4 N–H and O–H groups in total. The van der Waals surface area contributed by atoms with E-state index in [1.807, 2.05) is 17.9 Å². The molecular formula is C18H29BN4O6. The van der Waals surface area contributed by atoms with Crippen molar-refractivity contribution in [1.82, 2.24) is 10.3 Å². The molecule has 1 fully saturated rings. The molecule has 2 unspecified atom stereocenters. The van der Waals surface area contributed by atoms with E-state index in [1.54, 1.807) is 25.4 Å². The molecule has 2 aliphatic rings. The highest BCUT2D eigenvalue weighted by Gasteiger charge is 2.33. The number of likely N-dealkylation sites (tertiary alicyclic amines) is 1. The number of rotatable bonds is 8. The van der Waals surface area contributed by atoms with Gasteiger partial charge < -0.3 is 24.6 Å². The first-order chi connectivity index (χ1) is 13.9. The van der Waals surface area contributed by atoms with E-state index < -0.39 is 19.3 Å². The Morgan fingerprint density at radius 2 is 2.31 bits per heavy atom. The fraction of sp³-hybridized carbons (Fsp3) is 0.611. The van der Waals surface area contributed by atoms with Crippen molar-refractivity contribution in [3.05, 3.63) is 35.8 Å². The van der Waals surface area contributed by atoms with Crippen LogP contribution in [0.2, 0.25) is 6.32 Å². The van der Waals surface area contributed by atoms with Crippen LogP contribution in [0, 0.1) is 5.92 Å². The number of ether oxygens (including phenoxy) is 1. The second kappa shape index (κ2) is 11.7. The minimum absolute atomic E-state index is 0.0347. The third kappa shape index (κ3) is 7.61. The molecule has 2 heterocycles. The van der Waals surface area contributed by atoms with E-state index in [1.165, 1.54) is 0 Å². The zero-order valence-electron chi connectivity index (χ0n) is 16.8. The number of allylic oxidation sites excluding steroid dienone is 2. The Morgan fingerprint density at radius 1 is 1.55 bits per heavy atom. The van der Waals surface area contributed by atoms with Crippen molar-refractivity contribution in [2.45, 2.75) is 38.4 Å². The number of carbonyl (C=O) groups is 1. The molecule has 2 atom stereocenters. The number of aliphatic hydroxyl groups is 1. The van der Waals surface area contributed by atoms with Crippen LogP contribution in [0.15, 0.2) is 46.1 Å². The fourth-order valence-electron chi connectivity index (χ4n) is 2.92. The molecule has 11 heteroatoms. The molecule has 10 nitrogen and oxygen atoms in total. The molecule has 29 heavy (non-hydrogen) atoms. The number of nitrogens with one attached hydrogen (secondary N) is 1.